The van der Waals surface area contributed by atoms with Crippen molar-refractivity contribution in [3.8, 4) is 0 Å². The normalized spacial score (nSPS) is 21.6. The SMILES string of the molecule is CC(C)CN1CCC(CN=C(N)N2CCN(c3ccc(Cl)cc3)CC2)C1.I. The average molecular weight is 506 g/mol. The molecule has 0 radical (unpaired) electrons. The lowest BCUT2D eigenvalue weighted by atomic mass is 10.1. The maximum atomic E-state index is 6.27. The summed E-state index contributed by atoms with van der Waals surface area (Å²) >= 11 is 5.98. The van der Waals surface area contributed by atoms with E-state index in [2.05, 4.69) is 40.7 Å². The van der Waals surface area contributed by atoms with Gasteiger partial charge in [-0.15, -0.1) is 24.0 Å². The lowest BCUT2D eigenvalue weighted by Gasteiger charge is -2.36. The average Bonchev–Trinajstić information content (AvgIpc) is 3.07. The molecule has 27 heavy (non-hydrogen) atoms. The first-order chi connectivity index (χ1) is 12.5. The van der Waals surface area contributed by atoms with Crippen LogP contribution in [0.5, 0.6) is 0 Å². The lowest BCUT2D eigenvalue weighted by Crippen LogP contribution is -2.51. The molecule has 0 amide bonds. The highest BCUT2D eigenvalue weighted by atomic mass is 127. The van der Waals surface area contributed by atoms with Crippen LogP contribution in [0.3, 0.4) is 0 Å². The lowest BCUT2D eigenvalue weighted by molar-refractivity contribution is 0.288. The van der Waals surface area contributed by atoms with Gasteiger partial charge in [0.1, 0.15) is 0 Å². The largest absolute Gasteiger partial charge is 0.370 e. The van der Waals surface area contributed by atoms with Crippen LogP contribution in [-0.2, 0) is 0 Å². The number of piperazine rings is 1. The van der Waals surface area contributed by atoms with Gasteiger partial charge in [0.15, 0.2) is 5.96 Å². The number of nitrogens with two attached hydrogens (primary N) is 1. The number of halogens is 2. The zero-order chi connectivity index (χ0) is 18.5. The first-order valence-corrected chi connectivity index (χ1v) is 10.2. The molecule has 1 unspecified atom stereocenters. The molecule has 0 aliphatic carbocycles. The van der Waals surface area contributed by atoms with E-state index in [1.807, 2.05) is 12.1 Å². The minimum atomic E-state index is 0. The Bertz CT molecular complexity index is 599. The van der Waals surface area contributed by atoms with Crippen molar-refractivity contribution in [1.29, 1.82) is 0 Å². The van der Waals surface area contributed by atoms with E-state index in [0.29, 0.717) is 11.9 Å². The van der Waals surface area contributed by atoms with Crippen molar-refractivity contribution in [3.05, 3.63) is 29.3 Å². The fraction of sp³-hybridized carbons (Fsp3) is 0.650. The molecule has 0 aromatic heterocycles. The summed E-state index contributed by atoms with van der Waals surface area (Å²) in [5.74, 6) is 2.10. The summed E-state index contributed by atoms with van der Waals surface area (Å²) in [6.45, 7) is 12.8. The molecule has 152 valence electrons. The molecule has 1 aromatic carbocycles. The molecule has 2 aliphatic rings. The predicted octanol–water partition coefficient (Wildman–Crippen LogP) is 3.37. The highest BCUT2D eigenvalue weighted by molar-refractivity contribution is 14.0. The quantitative estimate of drug-likeness (QED) is 0.379. The van der Waals surface area contributed by atoms with Gasteiger partial charge in [0.05, 0.1) is 0 Å². The molecule has 7 heteroatoms. The van der Waals surface area contributed by atoms with Gasteiger partial charge < -0.3 is 20.4 Å². The van der Waals surface area contributed by atoms with Gasteiger partial charge in [0.25, 0.3) is 0 Å². The third kappa shape index (κ3) is 6.68. The maximum absolute atomic E-state index is 6.27. The van der Waals surface area contributed by atoms with Crippen LogP contribution in [0, 0.1) is 11.8 Å². The zero-order valence-electron chi connectivity index (χ0n) is 16.5. The van der Waals surface area contributed by atoms with Crippen molar-refractivity contribution in [2.45, 2.75) is 20.3 Å². The van der Waals surface area contributed by atoms with E-state index < -0.39 is 0 Å². The fourth-order valence-electron chi connectivity index (χ4n) is 3.91. The Hall–Kier alpha value is -0.730. The summed E-state index contributed by atoms with van der Waals surface area (Å²) in [5.41, 5.74) is 7.50. The van der Waals surface area contributed by atoms with Gasteiger partial charge >= 0.3 is 0 Å². The van der Waals surface area contributed by atoms with Crippen LogP contribution < -0.4 is 10.6 Å². The summed E-state index contributed by atoms with van der Waals surface area (Å²) < 4.78 is 0. The second-order valence-corrected chi connectivity index (χ2v) is 8.39. The highest BCUT2D eigenvalue weighted by Crippen LogP contribution is 2.20. The molecule has 0 spiro atoms. The number of nitrogens with zero attached hydrogens (tertiary/aromatic N) is 4. The second-order valence-electron chi connectivity index (χ2n) is 7.96. The van der Waals surface area contributed by atoms with Gasteiger partial charge in [-0.25, -0.2) is 0 Å². The first-order valence-electron chi connectivity index (χ1n) is 9.79. The van der Waals surface area contributed by atoms with E-state index in [1.54, 1.807) is 0 Å². The fourth-order valence-corrected chi connectivity index (χ4v) is 4.04. The highest BCUT2D eigenvalue weighted by Gasteiger charge is 2.23. The Morgan fingerprint density at radius 3 is 2.44 bits per heavy atom. The van der Waals surface area contributed by atoms with Gasteiger partial charge in [-0.2, -0.15) is 0 Å². The number of likely N-dealkylation sites (tertiary alicyclic amines) is 1. The summed E-state index contributed by atoms with van der Waals surface area (Å²) in [4.78, 5) is 11.9. The third-order valence-electron chi connectivity index (χ3n) is 5.30. The molecule has 3 rings (SSSR count). The monoisotopic (exact) mass is 505 g/mol. The molecule has 2 heterocycles. The molecule has 5 nitrogen and oxygen atoms in total. The van der Waals surface area contributed by atoms with Crippen LogP contribution in [0.4, 0.5) is 5.69 Å². The molecule has 2 fully saturated rings. The van der Waals surface area contributed by atoms with Crippen LogP contribution in [-0.4, -0.2) is 68.1 Å². The van der Waals surface area contributed by atoms with E-state index in [9.17, 15) is 0 Å². The van der Waals surface area contributed by atoms with Gasteiger partial charge in [0, 0.05) is 56.5 Å². The second kappa shape index (κ2) is 10.7. The van der Waals surface area contributed by atoms with E-state index in [1.165, 1.54) is 31.7 Å². The predicted molar refractivity (Wildman–Crippen MR) is 127 cm³/mol. The molecule has 2 N–H and O–H groups in total. The molecule has 2 aliphatic heterocycles. The Morgan fingerprint density at radius 1 is 1.15 bits per heavy atom. The number of aliphatic imine (C=N–C) groups is 1. The first kappa shape index (κ1) is 22.6. The molecule has 1 aromatic rings. The van der Waals surface area contributed by atoms with Crippen LogP contribution in [0.2, 0.25) is 5.02 Å². The third-order valence-corrected chi connectivity index (χ3v) is 5.55. The molecule has 2 saturated heterocycles. The van der Waals surface area contributed by atoms with Gasteiger partial charge in [0.2, 0.25) is 0 Å². The van der Waals surface area contributed by atoms with Crippen molar-refractivity contribution in [1.82, 2.24) is 9.80 Å². The molecule has 0 bridgehead atoms. The minimum absolute atomic E-state index is 0. The summed E-state index contributed by atoms with van der Waals surface area (Å²) in [6.07, 6.45) is 1.24. The Morgan fingerprint density at radius 2 is 1.81 bits per heavy atom. The maximum Gasteiger partial charge on any atom is 0.191 e. The standard InChI is InChI=1S/C20H32ClN5.HI/c1-16(2)14-24-8-7-17(15-24)13-23-20(22)26-11-9-25(10-12-26)19-5-3-18(21)4-6-19;/h3-6,16-17H,7-15H2,1-2H3,(H2,22,23);1H. The summed E-state index contributed by atoms with van der Waals surface area (Å²) in [6, 6.07) is 8.06. The molecular formula is C20H33ClIN5. The van der Waals surface area contributed by atoms with Crippen LogP contribution in [0.1, 0.15) is 20.3 Å². The molecule has 1 atom stereocenters. The minimum Gasteiger partial charge on any atom is -0.370 e. The number of rotatable bonds is 5. The van der Waals surface area contributed by atoms with Gasteiger partial charge in [-0.3, -0.25) is 4.99 Å². The van der Waals surface area contributed by atoms with E-state index in [4.69, 9.17) is 22.3 Å². The van der Waals surface area contributed by atoms with Gasteiger partial charge in [-0.05, 0) is 49.1 Å². The Labute approximate surface area is 185 Å². The van der Waals surface area contributed by atoms with Crippen molar-refractivity contribution in [2.24, 2.45) is 22.6 Å². The molecule has 0 saturated carbocycles. The van der Waals surface area contributed by atoms with Crippen LogP contribution in [0.25, 0.3) is 0 Å². The van der Waals surface area contributed by atoms with Crippen molar-refractivity contribution < 1.29 is 0 Å². The van der Waals surface area contributed by atoms with Gasteiger partial charge in [-0.1, -0.05) is 25.4 Å². The zero-order valence-corrected chi connectivity index (χ0v) is 19.6. The number of hydrogen-bond acceptors (Lipinski definition) is 3. The summed E-state index contributed by atoms with van der Waals surface area (Å²) in [7, 11) is 0. The Balaban J connectivity index is 0.00000261. The number of hydrogen-bond donors (Lipinski definition) is 1. The number of benzene rings is 1. The summed E-state index contributed by atoms with van der Waals surface area (Å²) in [5, 5.41) is 0.780. The van der Waals surface area contributed by atoms with Crippen LogP contribution in [0.15, 0.2) is 29.3 Å². The van der Waals surface area contributed by atoms with E-state index in [-0.39, 0.29) is 24.0 Å². The van der Waals surface area contributed by atoms with Crippen molar-refractivity contribution in [2.75, 3.05) is 57.3 Å². The number of guanidine groups is 1. The smallest absolute Gasteiger partial charge is 0.191 e. The van der Waals surface area contributed by atoms with Crippen LogP contribution >= 0.6 is 35.6 Å². The number of anilines is 1. The topological polar surface area (TPSA) is 48.1 Å². The van der Waals surface area contributed by atoms with Crippen molar-refractivity contribution >= 4 is 47.2 Å². The van der Waals surface area contributed by atoms with Crippen molar-refractivity contribution in [3.63, 3.8) is 0 Å². The Kier molecular flexibility index (Phi) is 8.95. The van der Waals surface area contributed by atoms with E-state index >= 15 is 0 Å². The molecular weight excluding hydrogens is 473 g/mol. The van der Waals surface area contributed by atoms with E-state index in [0.717, 1.165) is 43.7 Å².